The lowest BCUT2D eigenvalue weighted by atomic mass is 10.0. The Morgan fingerprint density at radius 2 is 1.96 bits per heavy atom. The van der Waals surface area contributed by atoms with Crippen LogP contribution >= 0.6 is 0 Å². The molecule has 0 saturated heterocycles. The van der Waals surface area contributed by atoms with E-state index in [4.69, 9.17) is 10.3 Å². The first kappa shape index (κ1) is 20.5. The number of azide groups is 1. The summed E-state index contributed by atoms with van der Waals surface area (Å²) in [5.41, 5.74) is 10.9. The molecule has 8 heteroatoms. The molecule has 0 fully saturated rings. The molecule has 0 aromatic heterocycles. The molecular formula is C17H24N4O4. The highest BCUT2D eigenvalue weighted by molar-refractivity contribution is 5.73. The van der Waals surface area contributed by atoms with E-state index in [2.05, 4.69) is 20.1 Å². The fourth-order valence-electron chi connectivity index (χ4n) is 2.18. The molecule has 0 aliphatic heterocycles. The van der Waals surface area contributed by atoms with Crippen molar-refractivity contribution in [2.75, 3.05) is 13.7 Å². The highest BCUT2D eigenvalue weighted by Gasteiger charge is 2.16. The third-order valence-corrected chi connectivity index (χ3v) is 3.28. The maximum absolute atomic E-state index is 11.7. The van der Waals surface area contributed by atoms with Crippen LogP contribution in [0, 0.1) is 6.92 Å². The van der Waals surface area contributed by atoms with Gasteiger partial charge in [0.15, 0.2) is 0 Å². The van der Waals surface area contributed by atoms with Crippen molar-refractivity contribution in [1.82, 2.24) is 5.32 Å². The lowest BCUT2D eigenvalue weighted by Gasteiger charge is -2.19. The summed E-state index contributed by atoms with van der Waals surface area (Å²) in [6.45, 7) is 7.64. The number of methoxy groups -OCH3 is 1. The van der Waals surface area contributed by atoms with Gasteiger partial charge < -0.3 is 14.8 Å². The number of carbonyl (C=O) groups is 2. The molecule has 1 rings (SSSR count). The van der Waals surface area contributed by atoms with Gasteiger partial charge in [-0.25, -0.2) is 0 Å². The number of rotatable bonds is 7. The second kappa shape index (κ2) is 9.05. The number of hydrogen-bond acceptors (Lipinski definition) is 6. The zero-order valence-electron chi connectivity index (χ0n) is 15.3. The fourth-order valence-corrected chi connectivity index (χ4v) is 2.18. The van der Waals surface area contributed by atoms with E-state index >= 15 is 0 Å². The molecule has 0 heterocycles. The van der Waals surface area contributed by atoms with Crippen molar-refractivity contribution >= 4 is 17.6 Å². The standard InChI is InChI=1S/C17H24N4O4/c1-11-13(9-19-10-16(23)25-17(2,3)4)6-12(8-15(22)24-5)7-14(11)20-21-18/h6-7,19H,8-10H2,1-5H3. The van der Waals surface area contributed by atoms with Crippen LogP contribution in [0.5, 0.6) is 0 Å². The predicted octanol–water partition coefficient (Wildman–Crippen LogP) is 3.08. The van der Waals surface area contributed by atoms with Crippen LogP contribution in [-0.2, 0) is 32.0 Å². The van der Waals surface area contributed by atoms with E-state index in [1.807, 2.05) is 13.0 Å². The minimum atomic E-state index is -0.538. The Balaban J connectivity index is 2.88. The molecule has 0 radical (unpaired) electrons. The number of benzene rings is 1. The van der Waals surface area contributed by atoms with Gasteiger partial charge in [0.1, 0.15) is 5.60 Å². The lowest BCUT2D eigenvalue weighted by molar-refractivity contribution is -0.153. The lowest BCUT2D eigenvalue weighted by Crippen LogP contribution is -2.31. The van der Waals surface area contributed by atoms with Crippen molar-refractivity contribution in [2.24, 2.45) is 5.11 Å². The molecular weight excluding hydrogens is 324 g/mol. The average Bonchev–Trinajstić information content (AvgIpc) is 2.49. The third-order valence-electron chi connectivity index (χ3n) is 3.28. The Labute approximate surface area is 147 Å². The number of esters is 2. The number of ether oxygens (including phenoxy) is 2. The van der Waals surface area contributed by atoms with Gasteiger partial charge in [-0.1, -0.05) is 11.2 Å². The largest absolute Gasteiger partial charge is 0.469 e. The van der Waals surface area contributed by atoms with Crippen LogP contribution in [0.4, 0.5) is 5.69 Å². The van der Waals surface area contributed by atoms with Crippen LogP contribution < -0.4 is 5.32 Å². The first-order valence-electron chi connectivity index (χ1n) is 7.83. The van der Waals surface area contributed by atoms with E-state index < -0.39 is 5.60 Å². The number of carbonyl (C=O) groups excluding carboxylic acids is 2. The molecule has 0 bridgehead atoms. The summed E-state index contributed by atoms with van der Waals surface area (Å²) < 4.78 is 9.89. The first-order chi connectivity index (χ1) is 11.7. The molecule has 8 nitrogen and oxygen atoms in total. The summed E-state index contributed by atoms with van der Waals surface area (Å²) in [6, 6.07) is 3.48. The van der Waals surface area contributed by atoms with Gasteiger partial charge in [-0.15, -0.1) is 0 Å². The van der Waals surface area contributed by atoms with Crippen LogP contribution in [0.25, 0.3) is 10.4 Å². The molecule has 1 aromatic rings. The Bertz CT molecular complexity index is 689. The van der Waals surface area contributed by atoms with Crippen LogP contribution in [0.1, 0.15) is 37.5 Å². The van der Waals surface area contributed by atoms with Crippen molar-refractivity contribution in [1.29, 1.82) is 0 Å². The Kier molecular flexibility index (Phi) is 7.42. The molecule has 136 valence electrons. The van der Waals surface area contributed by atoms with Gasteiger partial charge >= 0.3 is 11.9 Å². The van der Waals surface area contributed by atoms with Gasteiger partial charge in [0.25, 0.3) is 0 Å². The quantitative estimate of drug-likeness (QED) is 0.352. The fraction of sp³-hybridized carbons (Fsp3) is 0.529. The smallest absolute Gasteiger partial charge is 0.320 e. The van der Waals surface area contributed by atoms with E-state index in [9.17, 15) is 9.59 Å². The third kappa shape index (κ3) is 7.24. The second-order valence-electron chi connectivity index (χ2n) is 6.53. The molecule has 25 heavy (non-hydrogen) atoms. The van der Waals surface area contributed by atoms with Crippen molar-refractivity contribution in [3.63, 3.8) is 0 Å². The first-order valence-corrected chi connectivity index (χ1v) is 7.83. The van der Waals surface area contributed by atoms with Crippen molar-refractivity contribution in [2.45, 2.75) is 46.3 Å². The van der Waals surface area contributed by atoms with Crippen molar-refractivity contribution in [3.8, 4) is 0 Å². The summed E-state index contributed by atoms with van der Waals surface area (Å²) in [7, 11) is 1.31. The minimum Gasteiger partial charge on any atom is -0.469 e. The minimum absolute atomic E-state index is 0.0504. The maximum Gasteiger partial charge on any atom is 0.320 e. The van der Waals surface area contributed by atoms with Gasteiger partial charge in [-0.3, -0.25) is 9.59 Å². The van der Waals surface area contributed by atoms with Gasteiger partial charge in [-0.05, 0) is 56.0 Å². The second-order valence-corrected chi connectivity index (χ2v) is 6.53. The van der Waals surface area contributed by atoms with Gasteiger partial charge in [0.05, 0.1) is 20.1 Å². The van der Waals surface area contributed by atoms with Crippen LogP contribution in [0.2, 0.25) is 0 Å². The van der Waals surface area contributed by atoms with Crippen LogP contribution in [-0.4, -0.2) is 31.2 Å². The molecule has 0 saturated carbocycles. The Morgan fingerprint density at radius 1 is 1.28 bits per heavy atom. The Morgan fingerprint density at radius 3 is 2.52 bits per heavy atom. The average molecular weight is 348 g/mol. The monoisotopic (exact) mass is 348 g/mol. The summed E-state index contributed by atoms with van der Waals surface area (Å²) in [6.07, 6.45) is 0.0732. The summed E-state index contributed by atoms with van der Waals surface area (Å²) in [5.74, 6) is -0.741. The topological polar surface area (TPSA) is 113 Å². The van der Waals surface area contributed by atoms with Gasteiger partial charge in [-0.2, -0.15) is 0 Å². The van der Waals surface area contributed by atoms with E-state index in [1.165, 1.54) is 7.11 Å². The van der Waals surface area contributed by atoms with Crippen LogP contribution in [0.3, 0.4) is 0 Å². The van der Waals surface area contributed by atoms with Crippen molar-refractivity contribution < 1.29 is 19.1 Å². The molecule has 0 aliphatic rings. The van der Waals surface area contributed by atoms with Crippen LogP contribution in [0.15, 0.2) is 17.2 Å². The molecule has 1 aromatic carbocycles. The predicted molar refractivity (Wildman–Crippen MR) is 93.3 cm³/mol. The number of nitrogens with one attached hydrogen (secondary N) is 1. The summed E-state index contributed by atoms with van der Waals surface area (Å²) in [5, 5.41) is 6.66. The highest BCUT2D eigenvalue weighted by Crippen LogP contribution is 2.25. The van der Waals surface area contributed by atoms with Crippen molar-refractivity contribution in [3.05, 3.63) is 39.3 Å². The molecule has 0 unspecified atom stereocenters. The molecule has 0 amide bonds. The molecule has 0 atom stereocenters. The van der Waals surface area contributed by atoms with E-state index in [0.29, 0.717) is 17.8 Å². The molecule has 0 aliphatic carbocycles. The molecule has 0 spiro atoms. The Hall–Kier alpha value is -2.57. The van der Waals surface area contributed by atoms with Gasteiger partial charge in [0.2, 0.25) is 0 Å². The SMILES string of the molecule is COC(=O)Cc1cc(CNCC(=O)OC(C)(C)C)c(C)c(N=[N+]=[N-])c1. The zero-order chi connectivity index (χ0) is 19.0. The van der Waals surface area contributed by atoms with E-state index in [1.54, 1.807) is 26.8 Å². The zero-order valence-corrected chi connectivity index (χ0v) is 15.3. The molecule has 1 N–H and O–H groups in total. The van der Waals surface area contributed by atoms with E-state index in [0.717, 1.165) is 11.1 Å². The normalized spacial score (nSPS) is 10.8. The maximum atomic E-state index is 11.7. The number of hydrogen-bond donors (Lipinski definition) is 1. The van der Waals surface area contributed by atoms with E-state index in [-0.39, 0.29) is 24.9 Å². The summed E-state index contributed by atoms with van der Waals surface area (Å²) in [4.78, 5) is 26.0. The number of nitrogens with zero attached hydrogens (tertiary/aromatic N) is 3. The highest BCUT2D eigenvalue weighted by atomic mass is 16.6. The summed E-state index contributed by atoms with van der Waals surface area (Å²) >= 11 is 0. The van der Waals surface area contributed by atoms with Gasteiger partial charge in [0, 0.05) is 17.1 Å².